The van der Waals surface area contributed by atoms with Gasteiger partial charge in [-0.25, -0.2) is 0 Å². The molecule has 3 fully saturated rings. The first-order valence-electron chi connectivity index (χ1n) is 42.4. The molecule has 0 spiro atoms. The van der Waals surface area contributed by atoms with Crippen molar-refractivity contribution >= 4 is 5.91 Å². The first-order chi connectivity index (χ1) is 49.3. The van der Waals surface area contributed by atoms with Gasteiger partial charge in [0.1, 0.15) is 73.2 Å². The van der Waals surface area contributed by atoms with E-state index in [1.807, 2.05) is 0 Å². The Bertz CT molecular complexity index is 1870. The van der Waals surface area contributed by atoms with Crippen LogP contribution < -0.4 is 5.32 Å². The highest BCUT2D eigenvalue weighted by Crippen LogP contribution is 2.34. The second-order valence-corrected chi connectivity index (χ2v) is 30.7. The zero-order valence-electron chi connectivity index (χ0n) is 64.2. The van der Waals surface area contributed by atoms with Crippen molar-refractivity contribution in [1.82, 2.24) is 5.32 Å². The number of carbonyl (C=O) groups excluding carboxylic acids is 1. The molecular formula is C82H157NO18. The van der Waals surface area contributed by atoms with Crippen molar-refractivity contribution in [3.05, 3.63) is 12.2 Å². The van der Waals surface area contributed by atoms with Crippen molar-refractivity contribution in [2.24, 2.45) is 0 Å². The van der Waals surface area contributed by atoms with Gasteiger partial charge in [0.25, 0.3) is 0 Å². The van der Waals surface area contributed by atoms with Crippen LogP contribution in [0.1, 0.15) is 373 Å². The molecule has 19 nitrogen and oxygen atoms in total. The molecule has 17 unspecified atom stereocenters. The molecule has 0 aromatic carbocycles. The molecule has 598 valence electrons. The van der Waals surface area contributed by atoms with Crippen LogP contribution in [0.25, 0.3) is 0 Å². The molecular weight excluding hydrogens is 1290 g/mol. The van der Waals surface area contributed by atoms with E-state index in [9.17, 15) is 61.0 Å². The fourth-order valence-corrected chi connectivity index (χ4v) is 14.8. The van der Waals surface area contributed by atoms with E-state index in [1.54, 1.807) is 0 Å². The number of hydrogen-bond acceptors (Lipinski definition) is 18. The molecule has 3 aliphatic rings. The third-order valence-electron chi connectivity index (χ3n) is 21.6. The molecule has 3 aliphatic heterocycles. The zero-order valence-corrected chi connectivity index (χ0v) is 64.2. The van der Waals surface area contributed by atoms with Gasteiger partial charge in [0.15, 0.2) is 18.9 Å². The van der Waals surface area contributed by atoms with Crippen LogP contribution in [0.3, 0.4) is 0 Å². The van der Waals surface area contributed by atoms with Gasteiger partial charge in [0, 0.05) is 6.42 Å². The highest BCUT2D eigenvalue weighted by molar-refractivity contribution is 5.76. The average molecular weight is 1450 g/mol. The predicted molar refractivity (Wildman–Crippen MR) is 402 cm³/mol. The largest absolute Gasteiger partial charge is 0.394 e. The van der Waals surface area contributed by atoms with E-state index in [1.165, 1.54) is 295 Å². The maximum atomic E-state index is 13.5. The van der Waals surface area contributed by atoms with Crippen LogP contribution in [0.4, 0.5) is 0 Å². The Kier molecular flexibility index (Phi) is 58.9. The van der Waals surface area contributed by atoms with Crippen molar-refractivity contribution < 1.29 is 89.4 Å². The molecule has 0 radical (unpaired) electrons. The second kappa shape index (κ2) is 63.5. The standard InChI is InChI=1S/C82H157NO18/c1-3-5-7-9-11-13-15-17-19-21-23-24-25-26-27-28-29-30-31-32-33-34-35-36-37-38-39-40-42-44-46-48-50-52-54-56-58-60-70(88)83-65(66(87)59-57-55-53-51-49-47-45-43-41-22-20-18-16-14-12-10-8-6-4-2)64-96-80-76(94)73(91)78(68(62-85)98-80)101-82-77(95)74(92)79(69(63-86)99-82)100-81-75(93)72(90)71(89)67(61-84)97-81/h21,23,65-69,71-82,84-87,89-95H,3-20,22,24-64H2,1-2H3,(H,83,88)/b23-21-. The molecule has 0 aromatic heterocycles. The Morgan fingerprint density at radius 3 is 0.960 bits per heavy atom. The summed E-state index contributed by atoms with van der Waals surface area (Å²) in [7, 11) is 0. The summed E-state index contributed by atoms with van der Waals surface area (Å²) in [4.78, 5) is 13.5. The number of allylic oxidation sites excluding steroid dienone is 2. The Morgan fingerprint density at radius 2 is 0.624 bits per heavy atom. The summed E-state index contributed by atoms with van der Waals surface area (Å²) < 4.78 is 34.5. The Hall–Kier alpha value is -1.47. The molecule has 0 aromatic rings. The number of amides is 1. The van der Waals surface area contributed by atoms with Gasteiger partial charge in [0.05, 0.1) is 38.6 Å². The molecule has 0 saturated carbocycles. The molecule has 101 heavy (non-hydrogen) atoms. The smallest absolute Gasteiger partial charge is 0.220 e. The molecule has 3 saturated heterocycles. The van der Waals surface area contributed by atoms with Crippen molar-refractivity contribution in [2.75, 3.05) is 26.4 Å². The number of ether oxygens (including phenoxy) is 6. The Labute approximate surface area is 614 Å². The summed E-state index contributed by atoms with van der Waals surface area (Å²) in [6.45, 7) is 1.86. The lowest BCUT2D eigenvalue weighted by molar-refractivity contribution is -0.379. The van der Waals surface area contributed by atoms with E-state index in [-0.39, 0.29) is 18.9 Å². The van der Waals surface area contributed by atoms with Gasteiger partial charge in [0.2, 0.25) is 5.91 Å². The molecule has 1 amide bonds. The zero-order chi connectivity index (χ0) is 73.2. The quantitative estimate of drug-likeness (QED) is 0.0199. The fourth-order valence-electron chi connectivity index (χ4n) is 14.8. The third kappa shape index (κ3) is 43.3. The van der Waals surface area contributed by atoms with E-state index in [0.717, 1.165) is 44.9 Å². The maximum absolute atomic E-state index is 13.5. The highest BCUT2D eigenvalue weighted by atomic mass is 16.8. The molecule has 0 aliphatic carbocycles. The summed E-state index contributed by atoms with van der Waals surface area (Å²) in [5.74, 6) is -0.233. The van der Waals surface area contributed by atoms with Crippen LogP contribution in [0.2, 0.25) is 0 Å². The predicted octanol–water partition coefficient (Wildman–Crippen LogP) is 14.7. The van der Waals surface area contributed by atoms with Crippen LogP contribution in [0, 0.1) is 0 Å². The number of hydrogen-bond donors (Lipinski definition) is 12. The van der Waals surface area contributed by atoms with Crippen LogP contribution in [-0.4, -0.2) is 193 Å². The fraction of sp³-hybridized carbons (Fsp3) is 0.963. The molecule has 0 bridgehead atoms. The summed E-state index contributed by atoms with van der Waals surface area (Å²) in [6, 6.07) is -0.884. The molecule has 3 rings (SSSR count). The van der Waals surface area contributed by atoms with E-state index < -0.39 is 124 Å². The SMILES string of the molecule is CCCCCCCCCC/C=C\CCCCCCCCCCCCCCCCCCCCCCCCCCCC(=O)NC(COC1OC(CO)C(OC2OC(CO)C(OC3OC(CO)C(O)C(O)C3O)C(O)C2O)C(O)C1O)C(O)CCCCCCCCCCCCCCCCCCCCC. The summed E-state index contributed by atoms with van der Waals surface area (Å²) in [5, 5.41) is 121. The van der Waals surface area contributed by atoms with E-state index in [2.05, 4.69) is 31.3 Å². The monoisotopic (exact) mass is 1440 g/mol. The minimum absolute atomic E-state index is 0.233. The van der Waals surface area contributed by atoms with Crippen molar-refractivity contribution in [3.8, 4) is 0 Å². The van der Waals surface area contributed by atoms with Gasteiger partial charge in [-0.15, -0.1) is 0 Å². The van der Waals surface area contributed by atoms with Crippen molar-refractivity contribution in [3.63, 3.8) is 0 Å². The lowest BCUT2D eigenvalue weighted by Gasteiger charge is -2.48. The molecule has 3 heterocycles. The van der Waals surface area contributed by atoms with Gasteiger partial charge < -0.3 is 89.9 Å². The lowest BCUT2D eigenvalue weighted by atomic mass is 9.96. The number of aliphatic hydroxyl groups excluding tert-OH is 11. The lowest BCUT2D eigenvalue weighted by Crippen LogP contribution is -2.66. The Morgan fingerprint density at radius 1 is 0.347 bits per heavy atom. The van der Waals surface area contributed by atoms with Crippen LogP contribution in [0.5, 0.6) is 0 Å². The molecule has 17 atom stereocenters. The van der Waals surface area contributed by atoms with Gasteiger partial charge in [-0.05, 0) is 38.5 Å². The highest BCUT2D eigenvalue weighted by Gasteiger charge is 2.54. The van der Waals surface area contributed by atoms with Crippen LogP contribution in [0.15, 0.2) is 12.2 Å². The minimum atomic E-state index is -1.97. The summed E-state index contributed by atoms with van der Waals surface area (Å²) >= 11 is 0. The van der Waals surface area contributed by atoms with Crippen LogP contribution >= 0.6 is 0 Å². The van der Waals surface area contributed by atoms with E-state index in [4.69, 9.17) is 28.4 Å². The first-order valence-corrected chi connectivity index (χ1v) is 42.4. The van der Waals surface area contributed by atoms with Gasteiger partial charge in [-0.1, -0.05) is 341 Å². The number of unbranched alkanes of at least 4 members (excludes halogenated alkanes) is 51. The van der Waals surface area contributed by atoms with E-state index >= 15 is 0 Å². The number of nitrogens with one attached hydrogen (secondary N) is 1. The number of aliphatic hydroxyl groups is 11. The third-order valence-corrected chi connectivity index (χ3v) is 21.6. The maximum Gasteiger partial charge on any atom is 0.220 e. The molecule has 12 N–H and O–H groups in total. The van der Waals surface area contributed by atoms with Gasteiger partial charge >= 0.3 is 0 Å². The van der Waals surface area contributed by atoms with Gasteiger partial charge in [-0.3, -0.25) is 4.79 Å². The summed E-state index contributed by atoms with van der Waals surface area (Å²) in [6.07, 6.45) is 49.0. The van der Waals surface area contributed by atoms with Crippen molar-refractivity contribution in [1.29, 1.82) is 0 Å². The van der Waals surface area contributed by atoms with Crippen LogP contribution in [-0.2, 0) is 33.2 Å². The topological polar surface area (TPSA) is 307 Å². The number of rotatable bonds is 69. The molecule has 19 heteroatoms. The number of carbonyl (C=O) groups is 1. The average Bonchev–Trinajstić information content (AvgIpc) is 0.789. The van der Waals surface area contributed by atoms with E-state index in [0.29, 0.717) is 12.8 Å². The Balaban J connectivity index is 1.30. The minimum Gasteiger partial charge on any atom is -0.394 e. The van der Waals surface area contributed by atoms with Gasteiger partial charge in [-0.2, -0.15) is 0 Å². The normalized spacial score (nSPS) is 26.3. The summed E-state index contributed by atoms with van der Waals surface area (Å²) in [5.41, 5.74) is 0. The first kappa shape index (κ1) is 93.7. The second-order valence-electron chi connectivity index (χ2n) is 30.7. The van der Waals surface area contributed by atoms with Crippen molar-refractivity contribution in [2.45, 2.75) is 478 Å².